The molecule has 22 heavy (non-hydrogen) atoms. The molecular formula is C18H25ClN2O. The number of carbonyl (C=O) groups excluding carboxylic acids is 1. The van der Waals surface area contributed by atoms with Crippen LogP contribution in [0, 0.1) is 11.8 Å². The normalized spacial score (nSPS) is 34.0. The Morgan fingerprint density at radius 1 is 1.09 bits per heavy atom. The number of anilines is 1. The second-order valence-corrected chi connectivity index (χ2v) is 7.64. The van der Waals surface area contributed by atoms with E-state index in [0.29, 0.717) is 12.0 Å². The van der Waals surface area contributed by atoms with Gasteiger partial charge in [0.25, 0.3) is 0 Å². The number of hydrogen-bond acceptors (Lipinski definition) is 2. The Bertz CT molecular complexity index is 533. The quantitative estimate of drug-likeness (QED) is 0.794. The van der Waals surface area contributed by atoms with Crippen molar-refractivity contribution >= 4 is 23.2 Å². The van der Waals surface area contributed by atoms with E-state index >= 15 is 0 Å². The first-order chi connectivity index (χ1) is 10.5. The first kappa shape index (κ1) is 15.8. The van der Waals surface area contributed by atoms with Crippen LogP contribution in [0.4, 0.5) is 5.69 Å². The number of para-hydroxylation sites is 1. The van der Waals surface area contributed by atoms with Gasteiger partial charge in [-0.05, 0) is 51.4 Å². The van der Waals surface area contributed by atoms with Crippen molar-refractivity contribution in [2.24, 2.45) is 11.8 Å². The van der Waals surface area contributed by atoms with Crippen LogP contribution in [0.15, 0.2) is 30.3 Å². The monoisotopic (exact) mass is 320 g/mol. The summed E-state index contributed by atoms with van der Waals surface area (Å²) >= 11 is 6.15. The lowest BCUT2D eigenvalue weighted by Crippen LogP contribution is -2.50. The highest BCUT2D eigenvalue weighted by atomic mass is 35.5. The van der Waals surface area contributed by atoms with E-state index in [9.17, 15) is 4.79 Å². The minimum absolute atomic E-state index is 0.000547. The maximum Gasteiger partial charge on any atom is 0.231 e. The number of amides is 1. The van der Waals surface area contributed by atoms with E-state index in [-0.39, 0.29) is 23.2 Å². The van der Waals surface area contributed by atoms with Crippen molar-refractivity contribution in [3.8, 4) is 0 Å². The molecule has 3 rings (SSSR count). The highest BCUT2D eigenvalue weighted by Gasteiger charge is 2.48. The molecule has 0 N–H and O–H groups in total. The average Bonchev–Trinajstić information content (AvgIpc) is 3.09. The van der Waals surface area contributed by atoms with Crippen molar-refractivity contribution in [3.63, 3.8) is 0 Å². The topological polar surface area (TPSA) is 23.6 Å². The van der Waals surface area contributed by atoms with Crippen molar-refractivity contribution in [1.29, 1.82) is 0 Å². The van der Waals surface area contributed by atoms with Gasteiger partial charge in [-0.3, -0.25) is 4.79 Å². The summed E-state index contributed by atoms with van der Waals surface area (Å²) < 4.78 is 0. The lowest BCUT2D eigenvalue weighted by molar-refractivity contribution is -0.120. The third-order valence-corrected chi connectivity index (χ3v) is 5.51. The van der Waals surface area contributed by atoms with Crippen molar-refractivity contribution < 1.29 is 4.79 Å². The van der Waals surface area contributed by atoms with Gasteiger partial charge in [-0.1, -0.05) is 25.1 Å². The summed E-state index contributed by atoms with van der Waals surface area (Å²) in [5, 5.41) is 0.0235. The summed E-state index contributed by atoms with van der Waals surface area (Å²) in [7, 11) is 4.23. The van der Waals surface area contributed by atoms with Crippen molar-refractivity contribution in [2.75, 3.05) is 19.0 Å². The van der Waals surface area contributed by atoms with Crippen molar-refractivity contribution in [3.05, 3.63) is 30.3 Å². The van der Waals surface area contributed by atoms with Crippen LogP contribution in [0.2, 0.25) is 0 Å². The van der Waals surface area contributed by atoms with Crippen molar-refractivity contribution in [1.82, 2.24) is 4.90 Å². The van der Waals surface area contributed by atoms with Gasteiger partial charge < -0.3 is 9.80 Å². The third-order valence-electron chi connectivity index (χ3n) is 5.03. The van der Waals surface area contributed by atoms with E-state index in [0.717, 1.165) is 24.9 Å². The second kappa shape index (κ2) is 6.21. The van der Waals surface area contributed by atoms with E-state index in [1.165, 1.54) is 0 Å². The molecule has 0 saturated heterocycles. The number of rotatable bonds is 4. The first-order valence-electron chi connectivity index (χ1n) is 8.17. The van der Waals surface area contributed by atoms with E-state index < -0.39 is 0 Å². The number of hydrogen-bond donors (Lipinski definition) is 0. The number of carbonyl (C=O) groups is 1. The minimum atomic E-state index is 0.000547. The highest BCUT2D eigenvalue weighted by molar-refractivity contribution is 6.25. The Hall–Kier alpha value is -1.06. The second-order valence-electron chi connectivity index (χ2n) is 7.08. The molecule has 0 bridgehead atoms. The van der Waals surface area contributed by atoms with Crippen LogP contribution in [0.5, 0.6) is 0 Å². The Morgan fingerprint density at radius 2 is 1.68 bits per heavy atom. The molecule has 0 heterocycles. The van der Waals surface area contributed by atoms with Gasteiger partial charge in [0.2, 0.25) is 5.91 Å². The molecule has 1 aromatic carbocycles. The Morgan fingerprint density at radius 3 is 2.23 bits per heavy atom. The molecule has 1 aromatic rings. The van der Waals surface area contributed by atoms with E-state index in [1.54, 1.807) is 0 Å². The summed E-state index contributed by atoms with van der Waals surface area (Å²) in [5.74, 6) is 0.847. The van der Waals surface area contributed by atoms with Crippen LogP contribution in [-0.4, -0.2) is 42.4 Å². The van der Waals surface area contributed by atoms with Crippen LogP contribution >= 0.6 is 11.6 Å². The fraction of sp³-hybridized carbons (Fsp3) is 0.611. The Kier molecular flexibility index (Phi) is 4.47. The largest absolute Gasteiger partial charge is 0.308 e. The minimum Gasteiger partial charge on any atom is -0.308 e. The fourth-order valence-electron chi connectivity index (χ4n) is 3.74. The first-order valence-corrected chi connectivity index (χ1v) is 8.61. The molecule has 0 radical (unpaired) electrons. The van der Waals surface area contributed by atoms with Crippen LogP contribution in [0.3, 0.4) is 0 Å². The fourth-order valence-corrected chi connectivity index (χ4v) is 4.04. The van der Waals surface area contributed by atoms with Gasteiger partial charge in [-0.25, -0.2) is 0 Å². The van der Waals surface area contributed by atoms with E-state index in [4.69, 9.17) is 11.6 Å². The smallest absolute Gasteiger partial charge is 0.231 e. The zero-order valence-electron chi connectivity index (χ0n) is 13.6. The van der Waals surface area contributed by atoms with Crippen LogP contribution in [0.1, 0.15) is 26.2 Å². The Balaban J connectivity index is 1.92. The molecule has 2 aliphatic carbocycles. The molecule has 5 unspecified atom stereocenters. The number of halogens is 1. The Labute approximate surface area is 138 Å². The summed E-state index contributed by atoms with van der Waals surface area (Å²) in [5.41, 5.74) is 1.01. The number of nitrogens with zero attached hydrogens (tertiary/aromatic N) is 2. The summed E-state index contributed by atoms with van der Waals surface area (Å²) in [6.07, 6.45) is 3.02. The third kappa shape index (κ3) is 3.02. The predicted octanol–water partition coefficient (Wildman–Crippen LogP) is 3.38. The maximum absolute atomic E-state index is 13.0. The van der Waals surface area contributed by atoms with Gasteiger partial charge in [0.1, 0.15) is 0 Å². The molecule has 4 heteroatoms. The molecule has 0 spiro atoms. The molecule has 5 atom stereocenters. The van der Waals surface area contributed by atoms with Gasteiger partial charge in [-0.2, -0.15) is 0 Å². The summed E-state index contributed by atoms with van der Waals surface area (Å²) in [6, 6.07) is 10.7. The van der Waals surface area contributed by atoms with Crippen LogP contribution in [-0.2, 0) is 4.79 Å². The molecule has 120 valence electrons. The van der Waals surface area contributed by atoms with Gasteiger partial charge in [0, 0.05) is 17.1 Å². The average molecular weight is 321 g/mol. The van der Waals surface area contributed by atoms with Gasteiger partial charge >= 0.3 is 0 Å². The number of alkyl halides is 1. The molecule has 0 aliphatic heterocycles. The van der Waals surface area contributed by atoms with Gasteiger partial charge in [0.15, 0.2) is 0 Å². The lowest BCUT2D eigenvalue weighted by Gasteiger charge is -2.36. The number of likely N-dealkylation sites (N-methyl/N-ethyl adjacent to an activating group) is 1. The van der Waals surface area contributed by atoms with Gasteiger partial charge in [-0.15, -0.1) is 11.6 Å². The molecule has 3 nitrogen and oxygen atoms in total. The predicted molar refractivity (Wildman–Crippen MR) is 91.3 cm³/mol. The molecule has 1 amide bonds. The van der Waals surface area contributed by atoms with Crippen LogP contribution < -0.4 is 4.90 Å². The van der Waals surface area contributed by atoms with Crippen molar-refractivity contribution in [2.45, 2.75) is 43.6 Å². The highest BCUT2D eigenvalue weighted by Crippen LogP contribution is 2.42. The lowest BCUT2D eigenvalue weighted by atomic mass is 10.1. The summed E-state index contributed by atoms with van der Waals surface area (Å²) in [6.45, 7) is 2.28. The molecule has 2 saturated carbocycles. The molecular weight excluding hydrogens is 296 g/mol. The zero-order valence-corrected chi connectivity index (χ0v) is 14.3. The molecule has 2 fully saturated rings. The zero-order chi connectivity index (χ0) is 15.9. The number of benzene rings is 1. The summed E-state index contributed by atoms with van der Waals surface area (Å²) in [4.78, 5) is 17.3. The SMILES string of the molecule is CC1CC(N(C)C)C(N(C(=O)C2CC2Cl)c2ccccc2)C1. The standard InChI is InChI=1S/C18H25ClN2O/c1-12-9-16(20(2)3)17(10-12)21(13-7-5-4-6-8-13)18(22)14-11-15(14)19/h4-8,12,14-17H,9-11H2,1-3H3. The molecule has 0 aromatic heterocycles. The molecule has 2 aliphatic rings. The van der Waals surface area contributed by atoms with E-state index in [2.05, 4.69) is 25.9 Å². The van der Waals surface area contributed by atoms with E-state index in [1.807, 2.05) is 35.2 Å². The van der Waals surface area contributed by atoms with Crippen LogP contribution in [0.25, 0.3) is 0 Å². The van der Waals surface area contributed by atoms with Gasteiger partial charge in [0.05, 0.1) is 12.0 Å². The maximum atomic E-state index is 13.0.